The van der Waals surface area contributed by atoms with Gasteiger partial charge in [0.25, 0.3) is 0 Å². The molecule has 0 amide bonds. The lowest BCUT2D eigenvalue weighted by molar-refractivity contribution is -0.199. The standard InChI is InChI=1S/C30H48O4/c1-26(2)20-9-7-18-17-27(3)14-11-22-29(5,16-13-24(32)30(22,6)25(33)34)21(27)10-8-19(18)28(20,4)15-12-23(26)31/h7,19-24,31-32H,8-17H2,1-6H3,(H,33,34)/t19-,20-,21-,22+,23-,24+,27-,28+,29+,30+/m0/s1. The molecule has 4 saturated carbocycles. The van der Waals surface area contributed by atoms with Crippen molar-refractivity contribution in [3.63, 3.8) is 0 Å². The highest BCUT2D eigenvalue weighted by atomic mass is 16.4. The van der Waals surface area contributed by atoms with Gasteiger partial charge in [-0.2, -0.15) is 0 Å². The normalized spacial score (nSPS) is 54.4. The molecule has 3 N–H and O–H groups in total. The maximum atomic E-state index is 12.5. The molecule has 34 heavy (non-hydrogen) atoms. The molecule has 4 heteroatoms. The van der Waals surface area contributed by atoms with Gasteiger partial charge in [0.15, 0.2) is 0 Å². The number of rotatable bonds is 1. The van der Waals surface area contributed by atoms with E-state index in [9.17, 15) is 20.1 Å². The zero-order chi connectivity index (χ0) is 24.9. The maximum Gasteiger partial charge on any atom is 0.312 e. The molecule has 0 saturated heterocycles. The minimum absolute atomic E-state index is 0.0283. The molecule has 10 atom stereocenters. The van der Waals surface area contributed by atoms with Crippen LogP contribution >= 0.6 is 0 Å². The van der Waals surface area contributed by atoms with Crippen molar-refractivity contribution in [3.05, 3.63) is 11.6 Å². The van der Waals surface area contributed by atoms with E-state index in [4.69, 9.17) is 0 Å². The lowest BCUT2D eigenvalue weighted by atomic mass is 9.41. The SMILES string of the molecule is CC1(C)[C@@H](O)CC[C@]2(C)[C@H]3CC[C@H]4[C@@](C)(CC[C@@H]5[C@]4(C)CC[C@@H](O)[C@]5(C)C(=O)O)CC3=CC[C@@H]12. The molecule has 0 aromatic carbocycles. The molecule has 0 aliphatic heterocycles. The third-order valence-corrected chi connectivity index (χ3v) is 13.0. The van der Waals surface area contributed by atoms with Crippen molar-refractivity contribution in [2.75, 3.05) is 0 Å². The van der Waals surface area contributed by atoms with Gasteiger partial charge in [0.05, 0.1) is 17.6 Å². The second-order valence-electron chi connectivity index (χ2n) is 14.7. The van der Waals surface area contributed by atoms with Crippen LogP contribution in [0, 0.1) is 50.7 Å². The summed E-state index contributed by atoms with van der Waals surface area (Å²) in [5.41, 5.74) is 0.936. The van der Waals surface area contributed by atoms with Crippen molar-refractivity contribution < 1.29 is 20.1 Å². The first kappa shape index (κ1) is 24.8. The summed E-state index contributed by atoms with van der Waals surface area (Å²) in [6.07, 6.45) is 11.7. The Balaban J connectivity index is 1.51. The van der Waals surface area contributed by atoms with Gasteiger partial charge in [0, 0.05) is 0 Å². The summed E-state index contributed by atoms with van der Waals surface area (Å²) >= 11 is 0. The Hall–Kier alpha value is -0.870. The molecule has 5 aliphatic carbocycles. The van der Waals surface area contributed by atoms with Gasteiger partial charge in [-0.3, -0.25) is 4.79 Å². The van der Waals surface area contributed by atoms with Crippen LogP contribution in [0.15, 0.2) is 11.6 Å². The Morgan fingerprint density at radius 2 is 1.44 bits per heavy atom. The number of carboxylic acids is 1. The van der Waals surface area contributed by atoms with E-state index in [1.54, 1.807) is 5.57 Å². The van der Waals surface area contributed by atoms with E-state index < -0.39 is 17.5 Å². The molecular formula is C30H48O4. The van der Waals surface area contributed by atoms with E-state index >= 15 is 0 Å². The van der Waals surface area contributed by atoms with Crippen LogP contribution in [0.1, 0.15) is 106 Å². The molecule has 5 aliphatic rings. The van der Waals surface area contributed by atoms with Crippen molar-refractivity contribution in [1.82, 2.24) is 0 Å². The van der Waals surface area contributed by atoms with Crippen LogP contribution in [-0.4, -0.2) is 33.5 Å². The molecule has 0 heterocycles. The summed E-state index contributed by atoms with van der Waals surface area (Å²) in [5, 5.41) is 32.0. The lowest BCUT2D eigenvalue weighted by Gasteiger charge is -2.63. The number of hydrogen-bond donors (Lipinski definition) is 3. The Labute approximate surface area is 206 Å². The van der Waals surface area contributed by atoms with E-state index in [1.807, 2.05) is 6.92 Å². The first-order valence-corrected chi connectivity index (χ1v) is 14.0. The molecule has 0 bridgehead atoms. The molecule has 0 unspecified atom stereocenters. The molecule has 5 rings (SSSR count). The summed E-state index contributed by atoms with van der Waals surface area (Å²) < 4.78 is 0. The molecule has 4 nitrogen and oxygen atoms in total. The molecular weight excluding hydrogens is 424 g/mol. The number of aliphatic hydroxyl groups is 2. The second-order valence-corrected chi connectivity index (χ2v) is 14.7. The van der Waals surface area contributed by atoms with E-state index in [-0.39, 0.29) is 33.7 Å². The molecule has 4 fully saturated rings. The Morgan fingerprint density at radius 1 is 0.794 bits per heavy atom. The van der Waals surface area contributed by atoms with Gasteiger partial charge in [0.1, 0.15) is 0 Å². The van der Waals surface area contributed by atoms with E-state index in [0.717, 1.165) is 51.4 Å². The molecule has 0 aromatic heterocycles. The predicted octanol–water partition coefficient (Wildman–Crippen LogP) is 6.20. The van der Waals surface area contributed by atoms with Crippen molar-refractivity contribution in [3.8, 4) is 0 Å². The number of fused-ring (bicyclic) bond motifs is 6. The van der Waals surface area contributed by atoms with E-state index in [2.05, 4.69) is 40.7 Å². The highest BCUT2D eigenvalue weighted by Gasteiger charge is 2.65. The van der Waals surface area contributed by atoms with Gasteiger partial charge in [-0.15, -0.1) is 0 Å². The predicted molar refractivity (Wildman–Crippen MR) is 134 cm³/mol. The second kappa shape index (κ2) is 7.57. The van der Waals surface area contributed by atoms with Crippen LogP contribution in [-0.2, 0) is 4.79 Å². The molecule has 192 valence electrons. The van der Waals surface area contributed by atoms with Gasteiger partial charge in [0.2, 0.25) is 0 Å². The van der Waals surface area contributed by atoms with Crippen LogP contribution in [0.3, 0.4) is 0 Å². The van der Waals surface area contributed by atoms with Crippen LogP contribution < -0.4 is 0 Å². The molecule has 0 radical (unpaired) electrons. The highest BCUT2D eigenvalue weighted by molar-refractivity contribution is 5.76. The van der Waals surface area contributed by atoms with Crippen molar-refractivity contribution in [2.45, 2.75) is 118 Å². The summed E-state index contributed by atoms with van der Waals surface area (Å²) in [6.45, 7) is 13.8. The van der Waals surface area contributed by atoms with Crippen LogP contribution in [0.4, 0.5) is 0 Å². The fourth-order valence-corrected chi connectivity index (χ4v) is 10.9. The lowest BCUT2D eigenvalue weighted by Crippen LogP contribution is -2.61. The number of hydrogen-bond acceptors (Lipinski definition) is 3. The number of allylic oxidation sites excluding steroid dienone is 2. The smallest absolute Gasteiger partial charge is 0.312 e. The first-order valence-electron chi connectivity index (χ1n) is 14.0. The first-order chi connectivity index (χ1) is 15.7. The highest BCUT2D eigenvalue weighted by Crippen LogP contribution is 2.70. The largest absolute Gasteiger partial charge is 0.481 e. The molecule has 0 aromatic rings. The molecule has 0 spiro atoms. The minimum atomic E-state index is -1.05. The summed E-state index contributed by atoms with van der Waals surface area (Å²) in [7, 11) is 0. The number of carbonyl (C=O) groups is 1. The fourth-order valence-electron chi connectivity index (χ4n) is 10.9. The van der Waals surface area contributed by atoms with Gasteiger partial charge in [-0.25, -0.2) is 0 Å². The quantitative estimate of drug-likeness (QED) is 0.397. The number of aliphatic carboxylic acids is 1. The third kappa shape index (κ3) is 3.06. The Kier molecular flexibility index (Phi) is 5.52. The Bertz CT molecular complexity index is 892. The average molecular weight is 473 g/mol. The monoisotopic (exact) mass is 472 g/mol. The zero-order valence-corrected chi connectivity index (χ0v) is 22.4. The van der Waals surface area contributed by atoms with Crippen LogP contribution in [0.2, 0.25) is 0 Å². The van der Waals surface area contributed by atoms with Crippen molar-refractivity contribution in [2.24, 2.45) is 50.7 Å². The number of aliphatic hydroxyl groups excluding tert-OH is 2. The topological polar surface area (TPSA) is 77.8 Å². The van der Waals surface area contributed by atoms with Crippen molar-refractivity contribution in [1.29, 1.82) is 0 Å². The maximum absolute atomic E-state index is 12.5. The van der Waals surface area contributed by atoms with Gasteiger partial charge in [-0.1, -0.05) is 46.3 Å². The van der Waals surface area contributed by atoms with E-state index in [0.29, 0.717) is 24.2 Å². The summed E-state index contributed by atoms with van der Waals surface area (Å²) in [5.74, 6) is 0.778. The Morgan fingerprint density at radius 3 is 2.12 bits per heavy atom. The zero-order valence-electron chi connectivity index (χ0n) is 22.4. The summed E-state index contributed by atoms with van der Waals surface area (Å²) in [4.78, 5) is 12.5. The average Bonchev–Trinajstić information content (AvgIpc) is 2.91. The van der Waals surface area contributed by atoms with Crippen LogP contribution in [0.25, 0.3) is 0 Å². The summed E-state index contributed by atoms with van der Waals surface area (Å²) in [6, 6.07) is 0. The van der Waals surface area contributed by atoms with E-state index in [1.165, 1.54) is 6.42 Å². The van der Waals surface area contributed by atoms with Crippen molar-refractivity contribution >= 4 is 5.97 Å². The van der Waals surface area contributed by atoms with Gasteiger partial charge in [-0.05, 0) is 116 Å². The fraction of sp³-hybridized carbons (Fsp3) is 0.900. The van der Waals surface area contributed by atoms with Gasteiger partial charge < -0.3 is 15.3 Å². The number of carboxylic acid groups (broad SMARTS) is 1. The van der Waals surface area contributed by atoms with Gasteiger partial charge >= 0.3 is 5.97 Å². The third-order valence-electron chi connectivity index (χ3n) is 13.0. The minimum Gasteiger partial charge on any atom is -0.481 e. The van der Waals surface area contributed by atoms with Crippen LogP contribution in [0.5, 0.6) is 0 Å².